The maximum Gasteiger partial charge on any atom is 0.327 e. The van der Waals surface area contributed by atoms with Crippen molar-refractivity contribution < 1.29 is 63.6 Å². The minimum Gasteiger partial charge on any atom is -0.481 e. The number of hydrogen-bond acceptors (Lipinski definition) is 11. The number of aliphatic carboxylic acids is 4. The lowest BCUT2D eigenvalue weighted by molar-refractivity contribution is -0.142. The molecule has 2 rings (SSSR count). The largest absolute Gasteiger partial charge is 0.481 e. The van der Waals surface area contributed by atoms with Crippen molar-refractivity contribution in [1.82, 2.24) is 31.9 Å². The van der Waals surface area contributed by atoms with Gasteiger partial charge in [-0.25, -0.2) is 19.2 Å². The number of nitrogens with one attached hydrogen (secondary N) is 6. The maximum absolute atomic E-state index is 13.5. The first kappa shape index (κ1) is 50.3. The second-order valence-corrected chi connectivity index (χ2v) is 16.1. The zero-order valence-electron chi connectivity index (χ0n) is 33.0. The molecule has 0 aliphatic rings. The second-order valence-electron chi connectivity index (χ2n) is 13.5. The first-order valence-electron chi connectivity index (χ1n) is 18.9. The molecule has 0 saturated heterocycles. The lowest BCUT2D eigenvalue weighted by Gasteiger charge is -2.22. The molecule has 328 valence electrons. The highest BCUT2D eigenvalue weighted by Crippen LogP contribution is 2.20. The number of carbonyl (C=O) groups excluding carboxylic acids is 5. The van der Waals surface area contributed by atoms with Crippen LogP contribution < -0.4 is 31.9 Å². The molecule has 2 aromatic rings. The van der Waals surface area contributed by atoms with E-state index >= 15 is 0 Å². The monoisotopic (exact) mass is 876 g/mol. The molecule has 0 fully saturated rings. The van der Waals surface area contributed by atoms with Crippen molar-refractivity contribution in [3.05, 3.63) is 71.3 Å². The van der Waals surface area contributed by atoms with Crippen molar-refractivity contribution in [2.24, 2.45) is 5.92 Å². The average molecular weight is 877 g/mol. The van der Waals surface area contributed by atoms with E-state index in [4.69, 9.17) is 5.11 Å². The van der Waals surface area contributed by atoms with Gasteiger partial charge >= 0.3 is 35.9 Å². The van der Waals surface area contributed by atoms with E-state index < -0.39 is 90.4 Å². The number of Topliss-reactive ketones (excluding diaryl/α,β-unsaturated/α-hetero) is 1. The summed E-state index contributed by atoms with van der Waals surface area (Å²) in [4.78, 5) is 110. The minimum absolute atomic E-state index is 0.0635. The number of unbranched alkanes of at least 4 members (excludes halogenated alkanes) is 1. The SMILES string of the molecule is CSSC[C@H](NC(=O)[C@@H](CC(=O)[C@H](CC(=O)O)NC(=O)Cc1ccc(CNC(=O)NCCCC[C@H](NC(=O)NCCCC(=O)O)C(=O)O)cc1)Cc1ccccc1)C(=O)O. The van der Waals surface area contributed by atoms with Crippen LogP contribution in [0.4, 0.5) is 9.59 Å². The van der Waals surface area contributed by atoms with Crippen LogP contribution in [0.15, 0.2) is 54.6 Å². The molecule has 21 heteroatoms. The summed E-state index contributed by atoms with van der Waals surface area (Å²) in [5.41, 5.74) is 1.90. The predicted octanol–water partition coefficient (Wildman–Crippen LogP) is 2.17. The Balaban J connectivity index is 1.88. The van der Waals surface area contributed by atoms with Crippen LogP contribution in [0.5, 0.6) is 0 Å². The van der Waals surface area contributed by atoms with E-state index in [1.165, 1.54) is 21.6 Å². The third kappa shape index (κ3) is 21.3. The van der Waals surface area contributed by atoms with Crippen LogP contribution in [0.1, 0.15) is 61.6 Å². The number of amides is 6. The standard InChI is InChI=1S/C39H52N6O13S2/c1-59-60-23-30(37(55)56)44-35(52)27(18-24-8-3-2-4-9-24)20-31(46)29(21-34(50)51)43-32(47)19-25-12-14-26(15-13-25)22-42-38(57)40-16-6-5-10-28(36(53)54)45-39(58)41-17-7-11-33(48)49/h2-4,8-9,12-15,27-30H,5-7,10-11,16-23H2,1H3,(H,43,47)(H,44,52)(H,48,49)(H,50,51)(H,53,54)(H,55,56)(H2,40,42,57)(H2,41,45,58)/t27-,28+,29+,30+/m1/s1. The van der Waals surface area contributed by atoms with E-state index in [9.17, 15) is 58.5 Å². The molecule has 0 unspecified atom stereocenters. The Morgan fingerprint density at radius 1 is 0.617 bits per heavy atom. The van der Waals surface area contributed by atoms with Gasteiger partial charge in [0.25, 0.3) is 0 Å². The van der Waals surface area contributed by atoms with E-state index in [1.807, 2.05) is 0 Å². The zero-order chi connectivity index (χ0) is 44.5. The predicted molar refractivity (Wildman–Crippen MR) is 222 cm³/mol. The van der Waals surface area contributed by atoms with Gasteiger partial charge < -0.3 is 52.3 Å². The quantitative estimate of drug-likeness (QED) is 0.0414. The first-order chi connectivity index (χ1) is 28.6. The van der Waals surface area contributed by atoms with Crippen molar-refractivity contribution in [2.45, 2.75) is 82.5 Å². The Morgan fingerprint density at radius 3 is 1.87 bits per heavy atom. The molecule has 0 aliphatic heterocycles. The molecule has 10 N–H and O–H groups in total. The van der Waals surface area contributed by atoms with Crippen LogP contribution in [-0.2, 0) is 52.9 Å². The summed E-state index contributed by atoms with van der Waals surface area (Å²) in [6.07, 6.45) is 1.37. The van der Waals surface area contributed by atoms with E-state index in [-0.39, 0.29) is 57.5 Å². The highest BCUT2D eigenvalue weighted by atomic mass is 33.1. The molecule has 0 radical (unpaired) electrons. The van der Waals surface area contributed by atoms with E-state index in [0.717, 1.165) is 0 Å². The van der Waals surface area contributed by atoms with E-state index in [0.29, 0.717) is 29.5 Å². The zero-order valence-corrected chi connectivity index (χ0v) is 34.6. The van der Waals surface area contributed by atoms with Gasteiger partial charge in [-0.05, 0) is 55.1 Å². The lowest BCUT2D eigenvalue weighted by Crippen LogP contribution is -2.48. The Bertz CT molecular complexity index is 1770. The number of carboxylic acids is 4. The average Bonchev–Trinajstić information content (AvgIpc) is 3.19. The highest BCUT2D eigenvalue weighted by molar-refractivity contribution is 8.76. The molecule has 0 spiro atoms. The summed E-state index contributed by atoms with van der Waals surface area (Å²) in [5.74, 6) is -7.87. The van der Waals surface area contributed by atoms with Gasteiger partial charge in [0.05, 0.1) is 18.9 Å². The third-order valence-electron chi connectivity index (χ3n) is 8.72. The molecule has 6 amide bonds. The smallest absolute Gasteiger partial charge is 0.327 e. The van der Waals surface area contributed by atoms with Crippen molar-refractivity contribution in [3.63, 3.8) is 0 Å². The van der Waals surface area contributed by atoms with Gasteiger partial charge in [-0.2, -0.15) is 0 Å². The summed E-state index contributed by atoms with van der Waals surface area (Å²) in [5, 5.41) is 52.2. The molecule has 60 heavy (non-hydrogen) atoms. The number of rotatable bonds is 29. The number of benzene rings is 2. The molecular formula is C39H52N6O13S2. The topological polar surface area (TPSA) is 307 Å². The van der Waals surface area contributed by atoms with E-state index in [1.54, 1.807) is 60.9 Å². The Kier molecular flexibility index (Phi) is 23.3. The van der Waals surface area contributed by atoms with E-state index in [2.05, 4.69) is 31.9 Å². The van der Waals surface area contributed by atoms with Crippen molar-refractivity contribution in [3.8, 4) is 0 Å². The summed E-state index contributed by atoms with van der Waals surface area (Å²) < 4.78 is 0. The minimum atomic E-state index is -1.46. The number of carboxylic acid groups (broad SMARTS) is 4. The first-order valence-corrected chi connectivity index (χ1v) is 21.7. The third-order valence-corrected chi connectivity index (χ3v) is 10.5. The van der Waals surface area contributed by atoms with Crippen molar-refractivity contribution in [2.75, 3.05) is 25.1 Å². The Morgan fingerprint density at radius 2 is 1.25 bits per heavy atom. The molecule has 2 aromatic carbocycles. The van der Waals surface area contributed by atoms with Crippen molar-refractivity contribution >= 4 is 75.1 Å². The summed E-state index contributed by atoms with van der Waals surface area (Å²) in [6, 6.07) is 10.3. The van der Waals surface area contributed by atoms with Crippen LogP contribution >= 0.6 is 21.6 Å². The molecule has 0 saturated carbocycles. The summed E-state index contributed by atoms with van der Waals surface area (Å²) in [6.45, 7) is 0.427. The molecule has 0 heterocycles. The van der Waals surface area contributed by atoms with Gasteiger partial charge in [0, 0.05) is 44.1 Å². The summed E-state index contributed by atoms with van der Waals surface area (Å²) >= 11 is 0. The highest BCUT2D eigenvalue weighted by Gasteiger charge is 2.31. The van der Waals surface area contributed by atoms with Crippen molar-refractivity contribution in [1.29, 1.82) is 0 Å². The molecule has 0 aliphatic carbocycles. The van der Waals surface area contributed by atoms with Gasteiger partial charge in [0.15, 0.2) is 5.78 Å². The van der Waals surface area contributed by atoms with Gasteiger partial charge in [0.1, 0.15) is 12.1 Å². The molecule has 0 bridgehead atoms. The van der Waals surface area contributed by atoms with Gasteiger partial charge in [-0.3, -0.25) is 24.0 Å². The second kappa shape index (κ2) is 27.8. The van der Waals surface area contributed by atoms with Crippen LogP contribution in [0.2, 0.25) is 0 Å². The fourth-order valence-electron chi connectivity index (χ4n) is 5.60. The lowest BCUT2D eigenvalue weighted by atomic mass is 9.90. The Hall–Kier alpha value is -5.83. The molecular weight excluding hydrogens is 825 g/mol. The fourth-order valence-corrected chi connectivity index (χ4v) is 6.91. The van der Waals surface area contributed by atoms with Crippen LogP contribution in [-0.4, -0.2) is 117 Å². The normalized spacial score (nSPS) is 12.7. The van der Waals surface area contributed by atoms with Gasteiger partial charge in [-0.15, -0.1) is 0 Å². The molecule has 19 nitrogen and oxygen atoms in total. The van der Waals surface area contributed by atoms with Crippen LogP contribution in [0.25, 0.3) is 0 Å². The molecule has 0 aromatic heterocycles. The number of ketones is 1. The Labute approximate surface area is 354 Å². The van der Waals surface area contributed by atoms with Gasteiger partial charge in [0.2, 0.25) is 11.8 Å². The fraction of sp³-hybridized carbons (Fsp3) is 0.462. The maximum atomic E-state index is 13.5. The number of hydrogen-bond donors (Lipinski definition) is 10. The number of carbonyl (C=O) groups is 9. The van der Waals surface area contributed by atoms with Crippen LogP contribution in [0.3, 0.4) is 0 Å². The van der Waals surface area contributed by atoms with Crippen LogP contribution in [0, 0.1) is 5.92 Å². The van der Waals surface area contributed by atoms with Gasteiger partial charge in [-0.1, -0.05) is 76.2 Å². The molecule has 4 atom stereocenters. The number of urea groups is 2. The summed E-state index contributed by atoms with van der Waals surface area (Å²) in [7, 11) is 2.57.